The van der Waals surface area contributed by atoms with E-state index >= 15 is 0 Å². The van der Waals surface area contributed by atoms with Gasteiger partial charge in [0.15, 0.2) is 0 Å². The minimum Gasteiger partial charge on any atom is -0.303 e. The fourth-order valence-electron chi connectivity index (χ4n) is 2.50. The van der Waals surface area contributed by atoms with E-state index < -0.39 is 0 Å². The zero-order chi connectivity index (χ0) is 16.1. The molecule has 0 N–H and O–H groups in total. The predicted molar refractivity (Wildman–Crippen MR) is 81.9 cm³/mol. The lowest BCUT2D eigenvalue weighted by Crippen LogP contribution is -2.15. The molecule has 0 heterocycles. The monoisotopic (exact) mass is 296 g/mol. The van der Waals surface area contributed by atoms with Crippen LogP contribution < -0.4 is 0 Å². The highest BCUT2D eigenvalue weighted by molar-refractivity contribution is 5.58. The van der Waals surface area contributed by atoms with Crippen LogP contribution in [0.2, 0.25) is 0 Å². The van der Waals surface area contributed by atoms with Crippen molar-refractivity contribution in [1.82, 2.24) is 0 Å². The van der Waals surface area contributed by atoms with E-state index in [0.717, 1.165) is 38.0 Å². The van der Waals surface area contributed by atoms with Gasteiger partial charge in [-0.25, -0.2) is 0 Å². The summed E-state index contributed by atoms with van der Waals surface area (Å²) in [6, 6.07) is 0. The van der Waals surface area contributed by atoms with Gasteiger partial charge in [-0.1, -0.05) is 20.3 Å². The topological polar surface area (TPSA) is 68.3 Å². The van der Waals surface area contributed by atoms with Gasteiger partial charge in [0.1, 0.15) is 25.1 Å². The number of carbonyl (C=O) groups is 4. The van der Waals surface area contributed by atoms with E-state index in [1.54, 1.807) is 0 Å². The molecule has 0 saturated heterocycles. The molecular formula is C17H28O4. The van der Waals surface area contributed by atoms with E-state index in [9.17, 15) is 19.2 Å². The minimum atomic E-state index is -0.177. The first-order chi connectivity index (χ1) is 10.1. The van der Waals surface area contributed by atoms with Gasteiger partial charge >= 0.3 is 0 Å². The highest BCUT2D eigenvalue weighted by Gasteiger charge is 2.18. The summed E-state index contributed by atoms with van der Waals surface area (Å²) in [5.41, 5.74) is 0. The molecule has 4 heteroatoms. The summed E-state index contributed by atoms with van der Waals surface area (Å²) >= 11 is 0. The van der Waals surface area contributed by atoms with Crippen LogP contribution in [0.25, 0.3) is 0 Å². The highest BCUT2D eigenvalue weighted by atomic mass is 16.1. The number of aldehydes is 4. The van der Waals surface area contributed by atoms with Gasteiger partial charge in [0, 0.05) is 23.7 Å². The quantitative estimate of drug-likeness (QED) is 0.462. The van der Waals surface area contributed by atoms with Crippen molar-refractivity contribution in [2.75, 3.05) is 0 Å². The zero-order valence-electron chi connectivity index (χ0n) is 13.2. The molecule has 0 bridgehead atoms. The lowest BCUT2D eigenvalue weighted by Gasteiger charge is -2.17. The number of rotatable bonds is 14. The van der Waals surface area contributed by atoms with Gasteiger partial charge in [0.2, 0.25) is 0 Å². The highest BCUT2D eigenvalue weighted by Crippen LogP contribution is 2.22. The molecule has 4 nitrogen and oxygen atoms in total. The van der Waals surface area contributed by atoms with Crippen LogP contribution in [-0.2, 0) is 19.2 Å². The molecule has 0 radical (unpaired) electrons. The Labute approximate surface area is 127 Å². The molecule has 0 aliphatic carbocycles. The minimum absolute atomic E-state index is 0.0159. The first kappa shape index (κ1) is 19.7. The maximum absolute atomic E-state index is 11.1. The fraction of sp³-hybridized carbons (Fsp3) is 0.765. The lowest BCUT2D eigenvalue weighted by molar-refractivity contribution is -0.116. The van der Waals surface area contributed by atoms with E-state index in [-0.39, 0.29) is 23.7 Å². The van der Waals surface area contributed by atoms with E-state index in [2.05, 4.69) is 0 Å². The zero-order valence-corrected chi connectivity index (χ0v) is 13.2. The predicted octanol–water partition coefficient (Wildman–Crippen LogP) is 3.02. The second-order valence-corrected chi connectivity index (χ2v) is 5.98. The van der Waals surface area contributed by atoms with Gasteiger partial charge in [-0.15, -0.1) is 0 Å². The van der Waals surface area contributed by atoms with Gasteiger partial charge in [-0.2, -0.15) is 0 Å². The van der Waals surface area contributed by atoms with Crippen LogP contribution in [0.15, 0.2) is 0 Å². The van der Waals surface area contributed by atoms with Gasteiger partial charge in [0.05, 0.1) is 0 Å². The Morgan fingerprint density at radius 2 is 1.14 bits per heavy atom. The second kappa shape index (κ2) is 12.4. The summed E-state index contributed by atoms with van der Waals surface area (Å²) < 4.78 is 0. The summed E-state index contributed by atoms with van der Waals surface area (Å²) in [7, 11) is 0. The van der Waals surface area contributed by atoms with Crippen molar-refractivity contribution in [3.05, 3.63) is 0 Å². The summed E-state index contributed by atoms with van der Waals surface area (Å²) in [5.74, 6) is -0.386. The van der Waals surface area contributed by atoms with Crippen molar-refractivity contribution in [3.63, 3.8) is 0 Å². The summed E-state index contributed by atoms with van der Waals surface area (Å²) in [6.07, 6.45) is 8.63. The van der Waals surface area contributed by atoms with Crippen LogP contribution in [0.1, 0.15) is 58.8 Å². The molecule has 0 aromatic heterocycles. The van der Waals surface area contributed by atoms with Gasteiger partial charge in [0.25, 0.3) is 0 Å². The molecule has 21 heavy (non-hydrogen) atoms. The van der Waals surface area contributed by atoms with Crippen LogP contribution in [0.4, 0.5) is 0 Å². The maximum atomic E-state index is 11.1. The molecule has 0 spiro atoms. The van der Waals surface area contributed by atoms with E-state index in [1.165, 1.54) is 0 Å². The molecule has 0 aliphatic heterocycles. The van der Waals surface area contributed by atoms with E-state index in [4.69, 9.17) is 0 Å². The van der Waals surface area contributed by atoms with Crippen molar-refractivity contribution >= 4 is 25.1 Å². The first-order valence-electron chi connectivity index (χ1n) is 7.92. The Morgan fingerprint density at radius 1 is 0.667 bits per heavy atom. The largest absolute Gasteiger partial charge is 0.303 e. The molecule has 120 valence electrons. The molecule has 0 amide bonds. The van der Waals surface area contributed by atoms with Crippen LogP contribution in [0.3, 0.4) is 0 Å². The Bertz CT molecular complexity index is 314. The third-order valence-electron chi connectivity index (χ3n) is 3.98. The van der Waals surface area contributed by atoms with Crippen molar-refractivity contribution in [2.24, 2.45) is 23.7 Å². The molecule has 0 fully saturated rings. The SMILES string of the molecule is CCCC(C=O)CCC(C=O)CC(C=O)CCC(C)C=O. The fourth-order valence-corrected chi connectivity index (χ4v) is 2.50. The lowest BCUT2D eigenvalue weighted by atomic mass is 9.86. The molecular weight excluding hydrogens is 268 g/mol. The number of hydrogen-bond donors (Lipinski definition) is 0. The second-order valence-electron chi connectivity index (χ2n) is 5.98. The number of carbonyl (C=O) groups excluding carboxylic acids is 4. The summed E-state index contributed by atoms with van der Waals surface area (Å²) in [6.45, 7) is 3.86. The van der Waals surface area contributed by atoms with Crippen molar-refractivity contribution in [2.45, 2.75) is 58.8 Å². The molecule has 0 saturated carbocycles. The third-order valence-corrected chi connectivity index (χ3v) is 3.98. The summed E-state index contributed by atoms with van der Waals surface area (Å²) in [4.78, 5) is 43.7. The molecule has 0 aromatic carbocycles. The van der Waals surface area contributed by atoms with Crippen molar-refractivity contribution in [3.8, 4) is 0 Å². The van der Waals surface area contributed by atoms with Crippen LogP contribution in [0.5, 0.6) is 0 Å². The smallest absolute Gasteiger partial charge is 0.123 e. The molecule has 0 aliphatic rings. The normalized spacial score (nSPS) is 16.5. The average molecular weight is 296 g/mol. The maximum Gasteiger partial charge on any atom is 0.123 e. The van der Waals surface area contributed by atoms with Gasteiger partial charge in [-0.3, -0.25) is 0 Å². The van der Waals surface area contributed by atoms with Crippen LogP contribution >= 0.6 is 0 Å². The van der Waals surface area contributed by atoms with Gasteiger partial charge in [-0.05, 0) is 38.5 Å². The number of hydrogen-bond acceptors (Lipinski definition) is 4. The third kappa shape index (κ3) is 9.27. The Hall–Kier alpha value is -1.32. The van der Waals surface area contributed by atoms with E-state index in [1.807, 2.05) is 13.8 Å². The first-order valence-corrected chi connectivity index (χ1v) is 7.92. The molecule has 0 rings (SSSR count). The van der Waals surface area contributed by atoms with E-state index in [0.29, 0.717) is 32.1 Å². The van der Waals surface area contributed by atoms with Crippen molar-refractivity contribution < 1.29 is 19.2 Å². The van der Waals surface area contributed by atoms with Gasteiger partial charge < -0.3 is 19.2 Å². The Balaban J connectivity index is 4.25. The standard InChI is InChI=1S/C17H28O4/c1-3-4-15(11-19)7-8-17(13-21)9-16(12-20)6-5-14(2)10-18/h10-17H,3-9H2,1-2H3. The molecule has 4 unspecified atom stereocenters. The van der Waals surface area contributed by atoms with Crippen molar-refractivity contribution in [1.29, 1.82) is 0 Å². The van der Waals surface area contributed by atoms with Crippen LogP contribution in [-0.4, -0.2) is 25.1 Å². The Kier molecular flexibility index (Phi) is 11.6. The van der Waals surface area contributed by atoms with Crippen LogP contribution in [0, 0.1) is 23.7 Å². The average Bonchev–Trinajstić information content (AvgIpc) is 2.52. The summed E-state index contributed by atoms with van der Waals surface area (Å²) in [5, 5.41) is 0. The Morgan fingerprint density at radius 3 is 1.57 bits per heavy atom. The molecule has 4 atom stereocenters. The molecule has 0 aromatic rings.